The van der Waals surface area contributed by atoms with E-state index in [0.29, 0.717) is 6.54 Å². The van der Waals surface area contributed by atoms with Crippen LogP contribution in [0.25, 0.3) is 11.1 Å². The van der Waals surface area contributed by atoms with E-state index in [0.717, 1.165) is 28.0 Å². The predicted octanol–water partition coefficient (Wildman–Crippen LogP) is 3.87. The van der Waals surface area contributed by atoms with E-state index in [1.165, 1.54) is 0 Å². The van der Waals surface area contributed by atoms with Gasteiger partial charge < -0.3 is 20.5 Å². The van der Waals surface area contributed by atoms with Crippen LogP contribution < -0.4 is 10.6 Å². The fraction of sp³-hybridized carbons (Fsp3) is 0.400. The van der Waals surface area contributed by atoms with Gasteiger partial charge in [0.15, 0.2) is 0 Å². The molecule has 0 aliphatic heterocycles. The minimum Gasteiger partial charge on any atom is -0.481 e. The van der Waals surface area contributed by atoms with Crippen LogP contribution >= 0.6 is 11.8 Å². The molecule has 2 unspecified atom stereocenters. The van der Waals surface area contributed by atoms with Gasteiger partial charge in [-0.25, -0.2) is 4.79 Å². The van der Waals surface area contributed by atoms with E-state index in [9.17, 15) is 14.4 Å². The summed E-state index contributed by atoms with van der Waals surface area (Å²) in [5.41, 5.74) is 4.43. The smallest absolute Gasteiger partial charge is 0.407 e. The van der Waals surface area contributed by atoms with Crippen LogP contribution in [0.3, 0.4) is 0 Å². The third kappa shape index (κ3) is 6.51. The Morgan fingerprint density at radius 3 is 2.24 bits per heavy atom. The second kappa shape index (κ2) is 11.7. The maximum Gasteiger partial charge on any atom is 0.407 e. The van der Waals surface area contributed by atoms with Crippen molar-refractivity contribution in [2.75, 3.05) is 25.2 Å². The summed E-state index contributed by atoms with van der Waals surface area (Å²) in [4.78, 5) is 36.2. The quantitative estimate of drug-likeness (QED) is 0.460. The molecule has 2 atom stereocenters. The molecule has 2 aromatic carbocycles. The molecule has 3 rings (SSSR count). The molecule has 3 N–H and O–H groups in total. The molecule has 2 amide bonds. The number of carboxylic acids is 1. The molecule has 0 heterocycles. The Morgan fingerprint density at radius 2 is 1.67 bits per heavy atom. The Hall–Kier alpha value is -3.00. The second-order valence-electron chi connectivity index (χ2n) is 8.26. The zero-order chi connectivity index (χ0) is 23.8. The van der Waals surface area contributed by atoms with Crippen molar-refractivity contribution in [3.63, 3.8) is 0 Å². The number of amides is 2. The molecule has 0 fully saturated rings. The Balaban J connectivity index is 1.62. The molecule has 176 valence electrons. The zero-order valence-electron chi connectivity index (χ0n) is 18.9. The number of rotatable bonds is 11. The van der Waals surface area contributed by atoms with Crippen LogP contribution in [0.4, 0.5) is 4.79 Å². The van der Waals surface area contributed by atoms with E-state index in [1.54, 1.807) is 11.8 Å². The summed E-state index contributed by atoms with van der Waals surface area (Å²) >= 11 is 1.68. The Bertz CT molecular complexity index is 951. The summed E-state index contributed by atoms with van der Waals surface area (Å²) in [6, 6.07) is 15.1. The molecule has 0 radical (unpaired) electrons. The Kier molecular flexibility index (Phi) is 8.77. The SMILES string of the molecule is CSCC(C)CNC(=O)C(CCC(=O)O)NC(=O)OCC1c2ccccc2-c2ccccc21. The van der Waals surface area contributed by atoms with Gasteiger partial charge in [-0.2, -0.15) is 11.8 Å². The van der Waals surface area contributed by atoms with Crippen molar-refractivity contribution in [2.24, 2.45) is 5.92 Å². The molecule has 1 aliphatic carbocycles. The first kappa shape index (κ1) is 24.6. The average Bonchev–Trinajstić information content (AvgIpc) is 3.12. The van der Waals surface area contributed by atoms with E-state index < -0.39 is 24.0 Å². The summed E-state index contributed by atoms with van der Waals surface area (Å²) in [5, 5.41) is 14.4. The maximum atomic E-state index is 12.6. The molecule has 7 nitrogen and oxygen atoms in total. The van der Waals surface area contributed by atoms with Gasteiger partial charge >= 0.3 is 12.1 Å². The van der Waals surface area contributed by atoms with Gasteiger partial charge in [-0.05, 0) is 46.6 Å². The number of carbonyl (C=O) groups excluding carboxylic acids is 2. The number of fused-ring (bicyclic) bond motifs is 3. The number of carbonyl (C=O) groups is 3. The maximum absolute atomic E-state index is 12.6. The molecular formula is C25H30N2O5S. The number of carboxylic acid groups (broad SMARTS) is 1. The third-order valence-electron chi connectivity index (χ3n) is 5.68. The monoisotopic (exact) mass is 470 g/mol. The first-order valence-corrected chi connectivity index (χ1v) is 12.4. The number of hydrogen-bond acceptors (Lipinski definition) is 5. The third-order valence-corrected chi connectivity index (χ3v) is 6.58. The molecule has 0 saturated heterocycles. The van der Waals surface area contributed by atoms with Crippen molar-refractivity contribution in [3.8, 4) is 11.1 Å². The number of nitrogens with one attached hydrogen (secondary N) is 2. The normalized spacial score (nSPS) is 14.0. The van der Waals surface area contributed by atoms with Crippen molar-refractivity contribution >= 4 is 29.7 Å². The first-order chi connectivity index (χ1) is 15.9. The van der Waals surface area contributed by atoms with Crippen LogP contribution in [0.15, 0.2) is 48.5 Å². The van der Waals surface area contributed by atoms with Crippen molar-refractivity contribution in [2.45, 2.75) is 31.7 Å². The lowest BCUT2D eigenvalue weighted by Gasteiger charge is -2.20. The van der Waals surface area contributed by atoms with E-state index in [-0.39, 0.29) is 31.3 Å². The number of ether oxygens (including phenoxy) is 1. The van der Waals surface area contributed by atoms with Crippen molar-refractivity contribution in [1.29, 1.82) is 0 Å². The van der Waals surface area contributed by atoms with Crippen LogP contribution in [0.1, 0.15) is 36.8 Å². The fourth-order valence-electron chi connectivity index (χ4n) is 4.06. The topological polar surface area (TPSA) is 105 Å². The minimum atomic E-state index is -1.03. The van der Waals surface area contributed by atoms with Crippen molar-refractivity contribution in [3.05, 3.63) is 59.7 Å². The van der Waals surface area contributed by atoms with Crippen molar-refractivity contribution < 1.29 is 24.2 Å². The highest BCUT2D eigenvalue weighted by Gasteiger charge is 2.30. The molecule has 33 heavy (non-hydrogen) atoms. The summed E-state index contributed by atoms with van der Waals surface area (Å²) in [5.74, 6) is -0.379. The van der Waals surface area contributed by atoms with E-state index >= 15 is 0 Å². The number of thioether (sulfide) groups is 1. The van der Waals surface area contributed by atoms with Gasteiger partial charge in [0.05, 0.1) is 0 Å². The highest BCUT2D eigenvalue weighted by Crippen LogP contribution is 2.44. The standard InChI is InChI=1S/C25H30N2O5S/c1-16(15-33-2)13-26-24(30)22(11-12-23(28)29)27-25(31)32-14-21-19-9-5-3-7-17(19)18-8-4-6-10-20(18)21/h3-10,16,21-22H,11-15H2,1-2H3,(H,26,30)(H,27,31)(H,28,29). The zero-order valence-corrected chi connectivity index (χ0v) is 19.7. The summed E-state index contributed by atoms with van der Waals surface area (Å²) in [6.45, 7) is 2.59. The van der Waals surface area contributed by atoms with E-state index in [1.807, 2.05) is 49.6 Å². The summed E-state index contributed by atoms with van der Waals surface area (Å²) in [6.07, 6.45) is 1.01. The fourth-order valence-corrected chi connectivity index (χ4v) is 4.75. The molecule has 0 aromatic heterocycles. The molecular weight excluding hydrogens is 440 g/mol. The van der Waals surface area contributed by atoms with Gasteiger partial charge in [0.2, 0.25) is 5.91 Å². The lowest BCUT2D eigenvalue weighted by molar-refractivity contribution is -0.137. The van der Waals surface area contributed by atoms with Gasteiger partial charge in [-0.15, -0.1) is 0 Å². The summed E-state index contributed by atoms with van der Waals surface area (Å²) < 4.78 is 5.51. The average molecular weight is 471 g/mol. The van der Waals surface area contributed by atoms with Gasteiger partial charge in [0, 0.05) is 18.9 Å². The number of alkyl carbamates (subject to hydrolysis) is 1. The van der Waals surface area contributed by atoms with Crippen LogP contribution in [0.5, 0.6) is 0 Å². The molecule has 2 aromatic rings. The largest absolute Gasteiger partial charge is 0.481 e. The van der Waals surface area contributed by atoms with E-state index in [2.05, 4.69) is 22.8 Å². The van der Waals surface area contributed by atoms with Gasteiger partial charge in [0.1, 0.15) is 12.6 Å². The van der Waals surface area contributed by atoms with Gasteiger partial charge in [0.25, 0.3) is 0 Å². The Labute approximate surface area is 198 Å². The van der Waals surface area contributed by atoms with Crippen molar-refractivity contribution in [1.82, 2.24) is 10.6 Å². The molecule has 1 aliphatic rings. The minimum absolute atomic E-state index is 0.0116. The van der Waals surface area contributed by atoms with Gasteiger partial charge in [-0.3, -0.25) is 9.59 Å². The molecule has 0 bridgehead atoms. The van der Waals surface area contributed by atoms with Crippen LogP contribution in [0.2, 0.25) is 0 Å². The highest BCUT2D eigenvalue weighted by atomic mass is 32.2. The van der Waals surface area contributed by atoms with Crippen LogP contribution in [0, 0.1) is 5.92 Å². The predicted molar refractivity (Wildman–Crippen MR) is 129 cm³/mol. The first-order valence-electron chi connectivity index (χ1n) is 11.0. The highest BCUT2D eigenvalue weighted by molar-refractivity contribution is 7.98. The van der Waals surface area contributed by atoms with Crippen LogP contribution in [-0.4, -0.2) is 54.3 Å². The van der Waals surface area contributed by atoms with E-state index in [4.69, 9.17) is 9.84 Å². The molecule has 8 heteroatoms. The lowest BCUT2D eigenvalue weighted by Crippen LogP contribution is -2.48. The number of benzene rings is 2. The second-order valence-corrected chi connectivity index (χ2v) is 9.17. The van der Waals surface area contributed by atoms with Gasteiger partial charge in [-0.1, -0.05) is 55.5 Å². The lowest BCUT2D eigenvalue weighted by atomic mass is 9.98. The number of hydrogen-bond donors (Lipinski definition) is 3. The molecule has 0 spiro atoms. The Morgan fingerprint density at radius 1 is 1.06 bits per heavy atom. The number of aliphatic carboxylic acids is 1. The van der Waals surface area contributed by atoms with Crippen LogP contribution in [-0.2, 0) is 14.3 Å². The summed E-state index contributed by atoms with van der Waals surface area (Å²) in [7, 11) is 0. The molecule has 0 saturated carbocycles.